The van der Waals surface area contributed by atoms with E-state index in [2.05, 4.69) is 15.4 Å². The minimum Gasteiger partial charge on any atom is -0.497 e. The maximum Gasteiger partial charge on any atom is 0.252 e. The monoisotopic (exact) mass is 418 g/mol. The van der Waals surface area contributed by atoms with E-state index in [-0.39, 0.29) is 11.9 Å². The summed E-state index contributed by atoms with van der Waals surface area (Å²) in [5.74, 6) is 1.56. The number of furan rings is 1. The van der Waals surface area contributed by atoms with Crippen molar-refractivity contribution in [2.45, 2.75) is 39.7 Å². The molecule has 0 bridgehead atoms. The number of carbonyl (C=O) groups is 1. The minimum absolute atomic E-state index is 0.00180. The first kappa shape index (κ1) is 20.7. The summed E-state index contributed by atoms with van der Waals surface area (Å²) in [5.41, 5.74) is 3.62. The Morgan fingerprint density at radius 1 is 1.23 bits per heavy atom. The highest BCUT2D eigenvalue weighted by molar-refractivity contribution is 6.06. The second-order valence-electron chi connectivity index (χ2n) is 7.70. The number of nitrogens with one attached hydrogen (secondary N) is 1. The molecule has 1 aromatic carbocycles. The smallest absolute Gasteiger partial charge is 0.252 e. The van der Waals surface area contributed by atoms with E-state index in [1.54, 1.807) is 18.1 Å². The summed E-state index contributed by atoms with van der Waals surface area (Å²) in [6, 6.07) is 13.2. The number of rotatable bonds is 7. The second-order valence-corrected chi connectivity index (χ2v) is 7.70. The molecule has 4 rings (SSSR count). The average molecular weight is 418 g/mol. The number of pyridine rings is 1. The van der Waals surface area contributed by atoms with Crippen molar-refractivity contribution in [1.29, 1.82) is 0 Å². The third-order valence-corrected chi connectivity index (χ3v) is 5.28. The van der Waals surface area contributed by atoms with Crippen LogP contribution in [0.3, 0.4) is 0 Å². The van der Waals surface area contributed by atoms with Gasteiger partial charge in [-0.25, -0.2) is 9.67 Å². The normalized spacial score (nSPS) is 12.1. The molecule has 0 aliphatic carbocycles. The maximum absolute atomic E-state index is 13.1. The predicted octanol–water partition coefficient (Wildman–Crippen LogP) is 4.39. The Morgan fingerprint density at radius 3 is 2.68 bits per heavy atom. The van der Waals surface area contributed by atoms with Gasteiger partial charge in [0.15, 0.2) is 5.65 Å². The average Bonchev–Trinajstić information content (AvgIpc) is 3.40. The van der Waals surface area contributed by atoms with Crippen LogP contribution >= 0.6 is 0 Å². The van der Waals surface area contributed by atoms with Crippen molar-refractivity contribution in [3.63, 3.8) is 0 Å². The van der Waals surface area contributed by atoms with Gasteiger partial charge in [-0.1, -0.05) is 0 Å². The van der Waals surface area contributed by atoms with E-state index >= 15 is 0 Å². The zero-order valence-electron chi connectivity index (χ0n) is 18.2. The Labute approximate surface area is 181 Å². The van der Waals surface area contributed by atoms with Gasteiger partial charge in [0.2, 0.25) is 0 Å². The fourth-order valence-corrected chi connectivity index (χ4v) is 3.68. The molecule has 3 heterocycles. The molecule has 0 radical (unpaired) electrons. The van der Waals surface area contributed by atoms with Crippen molar-refractivity contribution < 1.29 is 13.9 Å². The SMILES string of the molecule is COc1ccc(-n2nc(C)c3c(C(=O)N[C@@H](C)CCc4ccco4)cc(C)nc32)cc1. The zero-order valence-corrected chi connectivity index (χ0v) is 18.2. The highest BCUT2D eigenvalue weighted by Gasteiger charge is 2.20. The first-order chi connectivity index (χ1) is 15.0. The topological polar surface area (TPSA) is 82.2 Å². The van der Waals surface area contributed by atoms with Crippen LogP contribution in [0.5, 0.6) is 5.75 Å². The lowest BCUT2D eigenvalue weighted by Gasteiger charge is -2.14. The van der Waals surface area contributed by atoms with Crippen molar-refractivity contribution >= 4 is 16.9 Å². The van der Waals surface area contributed by atoms with E-state index < -0.39 is 0 Å². The fourth-order valence-electron chi connectivity index (χ4n) is 3.68. The molecule has 7 heteroatoms. The van der Waals surface area contributed by atoms with Crippen LogP contribution < -0.4 is 10.1 Å². The Hall–Kier alpha value is -3.61. The van der Waals surface area contributed by atoms with Crippen molar-refractivity contribution in [2.24, 2.45) is 0 Å². The molecule has 4 aromatic rings. The Bertz CT molecular complexity index is 1190. The quantitative estimate of drug-likeness (QED) is 0.481. The van der Waals surface area contributed by atoms with E-state index in [4.69, 9.17) is 9.15 Å². The summed E-state index contributed by atoms with van der Waals surface area (Å²) in [4.78, 5) is 17.8. The first-order valence-electron chi connectivity index (χ1n) is 10.3. The van der Waals surface area contributed by atoms with Crippen molar-refractivity contribution in [3.05, 3.63) is 71.4 Å². The van der Waals surface area contributed by atoms with Gasteiger partial charge in [-0.2, -0.15) is 5.10 Å². The van der Waals surface area contributed by atoms with Crippen LogP contribution in [0, 0.1) is 13.8 Å². The number of amides is 1. The van der Waals surface area contributed by atoms with Crippen molar-refractivity contribution in [3.8, 4) is 11.4 Å². The van der Waals surface area contributed by atoms with Crippen molar-refractivity contribution in [1.82, 2.24) is 20.1 Å². The summed E-state index contributed by atoms with van der Waals surface area (Å²) in [6.07, 6.45) is 3.22. The summed E-state index contributed by atoms with van der Waals surface area (Å²) in [5, 5.41) is 8.54. The molecule has 1 N–H and O–H groups in total. The second kappa shape index (κ2) is 8.63. The van der Waals surface area contributed by atoms with Gasteiger partial charge in [-0.05, 0) is 69.7 Å². The largest absolute Gasteiger partial charge is 0.497 e. The Kier molecular flexibility index (Phi) is 5.75. The number of carbonyl (C=O) groups excluding carboxylic acids is 1. The van der Waals surface area contributed by atoms with Gasteiger partial charge in [0.05, 0.1) is 35.7 Å². The molecule has 1 amide bonds. The van der Waals surface area contributed by atoms with Gasteiger partial charge in [-0.3, -0.25) is 4.79 Å². The molecule has 0 spiro atoms. The predicted molar refractivity (Wildman–Crippen MR) is 119 cm³/mol. The standard InChI is InChI=1S/C24H26N4O3/c1-15(7-10-20-6-5-13-31-20)26-24(29)21-14-16(2)25-23-22(21)17(3)27-28(23)18-8-11-19(30-4)12-9-18/h5-6,8-9,11-15H,7,10H2,1-4H3,(H,26,29)/t15-/m0/s1. The van der Waals surface area contributed by atoms with E-state index in [1.165, 1.54) is 0 Å². The van der Waals surface area contributed by atoms with Crippen LogP contribution in [0.25, 0.3) is 16.7 Å². The fraction of sp³-hybridized carbons (Fsp3) is 0.292. The van der Waals surface area contributed by atoms with Gasteiger partial charge in [0.1, 0.15) is 11.5 Å². The van der Waals surface area contributed by atoms with E-state index in [0.717, 1.165) is 46.8 Å². The molecule has 31 heavy (non-hydrogen) atoms. The molecule has 7 nitrogen and oxygen atoms in total. The van der Waals surface area contributed by atoms with Crippen LogP contribution in [-0.4, -0.2) is 33.8 Å². The van der Waals surface area contributed by atoms with Crippen molar-refractivity contribution in [2.75, 3.05) is 7.11 Å². The highest BCUT2D eigenvalue weighted by Crippen LogP contribution is 2.26. The van der Waals surface area contributed by atoms with Gasteiger partial charge in [-0.15, -0.1) is 0 Å². The first-order valence-corrected chi connectivity index (χ1v) is 10.3. The lowest BCUT2D eigenvalue weighted by molar-refractivity contribution is 0.0939. The number of nitrogens with zero attached hydrogens (tertiary/aromatic N) is 3. The Morgan fingerprint density at radius 2 is 2.00 bits per heavy atom. The molecule has 0 fully saturated rings. The number of hydrogen-bond donors (Lipinski definition) is 1. The van der Waals surface area contributed by atoms with E-state index in [9.17, 15) is 4.79 Å². The maximum atomic E-state index is 13.1. The third kappa shape index (κ3) is 4.30. The number of methoxy groups -OCH3 is 1. The molecular weight excluding hydrogens is 392 g/mol. The third-order valence-electron chi connectivity index (χ3n) is 5.28. The summed E-state index contributed by atoms with van der Waals surface area (Å²) >= 11 is 0. The highest BCUT2D eigenvalue weighted by atomic mass is 16.5. The molecule has 160 valence electrons. The molecule has 0 aliphatic heterocycles. The zero-order chi connectivity index (χ0) is 22.0. The Balaban J connectivity index is 1.63. The van der Waals surface area contributed by atoms with Crippen LogP contribution in [0.2, 0.25) is 0 Å². The van der Waals surface area contributed by atoms with Gasteiger partial charge in [0.25, 0.3) is 5.91 Å². The van der Waals surface area contributed by atoms with Crippen LogP contribution in [-0.2, 0) is 6.42 Å². The molecule has 3 aromatic heterocycles. The molecule has 1 atom stereocenters. The summed E-state index contributed by atoms with van der Waals surface area (Å²) in [6.45, 7) is 5.79. The molecule has 0 aliphatic rings. The molecular formula is C24H26N4O3. The summed E-state index contributed by atoms with van der Waals surface area (Å²) < 4.78 is 12.4. The van der Waals surface area contributed by atoms with Gasteiger partial charge >= 0.3 is 0 Å². The van der Waals surface area contributed by atoms with Crippen LogP contribution in [0.15, 0.2) is 53.1 Å². The van der Waals surface area contributed by atoms with E-state index in [1.807, 2.05) is 63.2 Å². The lowest BCUT2D eigenvalue weighted by Crippen LogP contribution is -2.33. The number of hydrogen-bond acceptors (Lipinski definition) is 5. The van der Waals surface area contributed by atoms with E-state index in [0.29, 0.717) is 11.2 Å². The molecule has 0 unspecified atom stereocenters. The van der Waals surface area contributed by atoms with Crippen LogP contribution in [0.1, 0.15) is 40.9 Å². The lowest BCUT2D eigenvalue weighted by atomic mass is 10.1. The van der Waals surface area contributed by atoms with Gasteiger partial charge < -0.3 is 14.5 Å². The summed E-state index contributed by atoms with van der Waals surface area (Å²) in [7, 11) is 1.63. The van der Waals surface area contributed by atoms with Crippen LogP contribution in [0.4, 0.5) is 0 Å². The number of ether oxygens (including phenoxy) is 1. The number of fused-ring (bicyclic) bond motifs is 1. The number of aryl methyl sites for hydroxylation is 3. The molecule has 0 saturated heterocycles. The van der Waals surface area contributed by atoms with Gasteiger partial charge in [0, 0.05) is 18.2 Å². The number of benzene rings is 1. The minimum atomic E-state index is -0.125. The molecule has 0 saturated carbocycles. The number of aromatic nitrogens is 3.